The molecule has 3 heteroatoms. The van der Waals surface area contributed by atoms with Crippen LogP contribution in [-0.4, -0.2) is 35.5 Å². The van der Waals surface area contributed by atoms with Crippen LogP contribution in [0.25, 0.3) is 0 Å². The van der Waals surface area contributed by atoms with Crippen LogP contribution in [0.2, 0.25) is 0 Å². The summed E-state index contributed by atoms with van der Waals surface area (Å²) < 4.78 is -0.158. The first-order chi connectivity index (χ1) is 5.16. The molecule has 0 spiro atoms. The van der Waals surface area contributed by atoms with E-state index < -0.39 is 0 Å². The van der Waals surface area contributed by atoms with Gasteiger partial charge in [-0.1, -0.05) is 13.3 Å². The van der Waals surface area contributed by atoms with Crippen molar-refractivity contribution >= 4 is 0 Å². The molecule has 66 valence electrons. The Hall–Kier alpha value is -0.120. The van der Waals surface area contributed by atoms with Crippen LogP contribution in [0.4, 0.5) is 0 Å². The van der Waals surface area contributed by atoms with Gasteiger partial charge in [0.25, 0.3) is 0 Å². The minimum absolute atomic E-state index is 0.158. The molecule has 0 aromatic heterocycles. The average molecular weight is 159 g/mol. The second-order valence-electron chi connectivity index (χ2n) is 3.48. The van der Waals surface area contributed by atoms with E-state index in [1.165, 1.54) is 0 Å². The van der Waals surface area contributed by atoms with Gasteiger partial charge in [0.1, 0.15) is 12.6 Å². The Morgan fingerprint density at radius 2 is 2.36 bits per heavy atom. The molecule has 11 heavy (non-hydrogen) atoms. The van der Waals surface area contributed by atoms with Crippen LogP contribution in [0.5, 0.6) is 0 Å². The molecule has 1 N–H and O–H groups in total. The minimum atomic E-state index is -0.343. The quantitative estimate of drug-likeness (QED) is 0.490. The van der Waals surface area contributed by atoms with E-state index >= 15 is 0 Å². The maximum absolute atomic E-state index is 11.6. The molecule has 2 atom stereocenters. The number of aliphatic hydroxyl groups excluding tert-OH is 1. The third kappa shape index (κ3) is 2.43. The SMILES string of the molecule is CCCC[N+]1([O-])CCC(O)C1. The van der Waals surface area contributed by atoms with Gasteiger partial charge < -0.3 is 15.0 Å². The molecular weight excluding hydrogens is 142 g/mol. The highest BCUT2D eigenvalue weighted by atomic mass is 16.5. The minimum Gasteiger partial charge on any atom is -0.633 e. The third-order valence-corrected chi connectivity index (χ3v) is 2.33. The molecule has 0 aromatic carbocycles. The molecule has 0 saturated carbocycles. The van der Waals surface area contributed by atoms with Gasteiger partial charge in [0.15, 0.2) is 0 Å². The summed E-state index contributed by atoms with van der Waals surface area (Å²) in [5, 5.41) is 20.8. The van der Waals surface area contributed by atoms with Gasteiger partial charge in [-0.3, -0.25) is 0 Å². The number of quaternary nitrogens is 1. The van der Waals surface area contributed by atoms with Crippen molar-refractivity contribution in [2.45, 2.75) is 32.3 Å². The molecule has 2 unspecified atom stereocenters. The normalized spacial score (nSPS) is 37.9. The summed E-state index contributed by atoms with van der Waals surface area (Å²) in [6.07, 6.45) is 2.39. The first-order valence-corrected chi connectivity index (χ1v) is 4.41. The fourth-order valence-corrected chi connectivity index (χ4v) is 1.60. The van der Waals surface area contributed by atoms with Crippen molar-refractivity contribution in [1.82, 2.24) is 0 Å². The van der Waals surface area contributed by atoms with Gasteiger partial charge in [0.05, 0.1) is 13.1 Å². The molecule has 0 aliphatic carbocycles. The smallest absolute Gasteiger partial charge is 0.109 e. The molecule has 0 amide bonds. The summed E-state index contributed by atoms with van der Waals surface area (Å²) in [7, 11) is 0. The average Bonchev–Trinajstić information content (AvgIpc) is 2.28. The van der Waals surface area contributed by atoms with Crippen LogP contribution in [0.15, 0.2) is 0 Å². The third-order valence-electron chi connectivity index (χ3n) is 2.33. The standard InChI is InChI=1S/C8H17NO2/c1-2-3-5-9(11)6-4-8(10)7-9/h8,10H,2-7H2,1H3. The number of hydrogen-bond donors (Lipinski definition) is 1. The highest BCUT2D eigenvalue weighted by Crippen LogP contribution is 2.18. The summed E-state index contributed by atoms with van der Waals surface area (Å²) in [6, 6.07) is 0. The van der Waals surface area contributed by atoms with Crippen molar-refractivity contribution in [1.29, 1.82) is 0 Å². The number of aliphatic hydroxyl groups is 1. The second-order valence-corrected chi connectivity index (χ2v) is 3.48. The Kier molecular flexibility index (Phi) is 2.87. The summed E-state index contributed by atoms with van der Waals surface area (Å²) >= 11 is 0. The molecule has 3 nitrogen and oxygen atoms in total. The molecule has 0 aromatic rings. The van der Waals surface area contributed by atoms with Gasteiger partial charge in [0, 0.05) is 6.42 Å². The van der Waals surface area contributed by atoms with Crippen molar-refractivity contribution in [3.63, 3.8) is 0 Å². The van der Waals surface area contributed by atoms with Crippen LogP contribution in [0.3, 0.4) is 0 Å². The van der Waals surface area contributed by atoms with E-state index in [0.717, 1.165) is 12.8 Å². The molecule has 1 saturated heterocycles. The van der Waals surface area contributed by atoms with Gasteiger partial charge in [-0.05, 0) is 6.42 Å². The lowest BCUT2D eigenvalue weighted by atomic mass is 10.3. The molecule has 1 heterocycles. The molecule has 0 bridgehead atoms. The fraction of sp³-hybridized carbons (Fsp3) is 1.00. The summed E-state index contributed by atoms with van der Waals surface area (Å²) in [6.45, 7) is 3.80. The van der Waals surface area contributed by atoms with E-state index in [9.17, 15) is 5.21 Å². The monoisotopic (exact) mass is 159 g/mol. The van der Waals surface area contributed by atoms with Gasteiger partial charge in [0.2, 0.25) is 0 Å². The zero-order valence-electron chi connectivity index (χ0n) is 7.12. The predicted molar refractivity (Wildman–Crippen MR) is 43.8 cm³/mol. The number of hydroxylamine groups is 3. The highest BCUT2D eigenvalue weighted by molar-refractivity contribution is 4.64. The van der Waals surface area contributed by atoms with E-state index in [1.54, 1.807) is 0 Å². The van der Waals surface area contributed by atoms with Gasteiger partial charge >= 0.3 is 0 Å². The van der Waals surface area contributed by atoms with E-state index in [2.05, 4.69) is 6.92 Å². The molecule has 1 aliphatic rings. The van der Waals surface area contributed by atoms with Crippen molar-refractivity contribution in [3.8, 4) is 0 Å². The zero-order chi connectivity index (χ0) is 8.32. The van der Waals surface area contributed by atoms with E-state index in [4.69, 9.17) is 5.11 Å². The Labute approximate surface area is 67.8 Å². The number of likely N-dealkylation sites (tertiary alicyclic amines) is 1. The lowest BCUT2D eigenvalue weighted by molar-refractivity contribution is -0.869. The number of hydrogen-bond acceptors (Lipinski definition) is 2. The van der Waals surface area contributed by atoms with Crippen LogP contribution in [0.1, 0.15) is 26.2 Å². The number of nitrogens with zero attached hydrogens (tertiary/aromatic N) is 1. The Bertz CT molecular complexity index is 129. The Balaban J connectivity index is 2.29. The Morgan fingerprint density at radius 3 is 2.82 bits per heavy atom. The number of rotatable bonds is 3. The van der Waals surface area contributed by atoms with Crippen LogP contribution >= 0.6 is 0 Å². The maximum Gasteiger partial charge on any atom is 0.109 e. The van der Waals surface area contributed by atoms with Crippen LogP contribution in [0, 0.1) is 5.21 Å². The highest BCUT2D eigenvalue weighted by Gasteiger charge is 2.28. The largest absolute Gasteiger partial charge is 0.633 e. The molecule has 1 rings (SSSR count). The molecular formula is C8H17NO2. The van der Waals surface area contributed by atoms with E-state index in [1.807, 2.05) is 0 Å². The molecule has 1 aliphatic heterocycles. The van der Waals surface area contributed by atoms with Crippen LogP contribution in [-0.2, 0) is 0 Å². The van der Waals surface area contributed by atoms with Crippen molar-refractivity contribution < 1.29 is 9.75 Å². The van der Waals surface area contributed by atoms with Gasteiger partial charge in [-0.2, -0.15) is 0 Å². The molecule has 1 fully saturated rings. The summed E-state index contributed by atoms with van der Waals surface area (Å²) in [5.74, 6) is 0. The lowest BCUT2D eigenvalue weighted by Gasteiger charge is -2.38. The van der Waals surface area contributed by atoms with Crippen molar-refractivity contribution in [2.24, 2.45) is 0 Å². The Morgan fingerprint density at radius 1 is 1.64 bits per heavy atom. The van der Waals surface area contributed by atoms with Crippen molar-refractivity contribution in [2.75, 3.05) is 19.6 Å². The maximum atomic E-state index is 11.6. The fourth-order valence-electron chi connectivity index (χ4n) is 1.60. The van der Waals surface area contributed by atoms with Crippen molar-refractivity contribution in [3.05, 3.63) is 5.21 Å². The van der Waals surface area contributed by atoms with Crippen LogP contribution < -0.4 is 0 Å². The first kappa shape index (κ1) is 8.97. The van der Waals surface area contributed by atoms with Gasteiger partial charge in [-0.15, -0.1) is 0 Å². The van der Waals surface area contributed by atoms with E-state index in [0.29, 0.717) is 26.1 Å². The van der Waals surface area contributed by atoms with E-state index in [-0.39, 0.29) is 10.8 Å². The zero-order valence-corrected chi connectivity index (χ0v) is 7.12. The predicted octanol–water partition coefficient (Wildman–Crippen LogP) is 0.866. The second kappa shape index (κ2) is 3.52. The first-order valence-electron chi connectivity index (χ1n) is 4.41. The topological polar surface area (TPSA) is 43.3 Å². The lowest BCUT2D eigenvalue weighted by Crippen LogP contribution is -2.41. The summed E-state index contributed by atoms with van der Waals surface area (Å²) in [5.41, 5.74) is 0. The van der Waals surface area contributed by atoms with Gasteiger partial charge in [-0.25, -0.2) is 0 Å². The summed E-state index contributed by atoms with van der Waals surface area (Å²) in [4.78, 5) is 0. The molecule has 0 radical (unpaired) electrons. The number of unbranched alkanes of at least 4 members (excludes halogenated alkanes) is 1.